The Morgan fingerprint density at radius 2 is 1.79 bits per heavy atom. The van der Waals surface area contributed by atoms with Crippen molar-refractivity contribution in [3.05, 3.63) is 40.4 Å². The lowest BCUT2D eigenvalue weighted by Gasteiger charge is -2.45. The normalized spacial score (nSPS) is 24.7. The van der Waals surface area contributed by atoms with Crippen LogP contribution in [0.15, 0.2) is 29.8 Å². The zero-order chi connectivity index (χ0) is 17.4. The molecule has 0 bridgehead atoms. The van der Waals surface area contributed by atoms with Gasteiger partial charge in [0.25, 0.3) is 0 Å². The van der Waals surface area contributed by atoms with Gasteiger partial charge in [0.2, 0.25) is 0 Å². The minimum Gasteiger partial charge on any atom is -0.314 e. The van der Waals surface area contributed by atoms with E-state index >= 15 is 0 Å². The van der Waals surface area contributed by atoms with Crippen molar-refractivity contribution in [3.63, 3.8) is 0 Å². The summed E-state index contributed by atoms with van der Waals surface area (Å²) >= 11 is 8.81. The lowest BCUT2D eigenvalue weighted by Crippen LogP contribution is -2.53. The van der Waals surface area contributed by atoms with E-state index < -0.39 is 0 Å². The number of alkyl halides is 1. The zero-order valence-electron chi connectivity index (χ0n) is 15.0. The molecule has 24 heavy (non-hydrogen) atoms. The molecule has 1 aromatic rings. The quantitative estimate of drug-likeness (QED) is 0.373. The Balaban J connectivity index is 2.03. The van der Waals surface area contributed by atoms with Gasteiger partial charge in [0.05, 0.1) is 3.55 Å². The second-order valence-corrected chi connectivity index (χ2v) is 10.5. The molecule has 1 N–H and O–H groups in total. The molecule has 132 valence electrons. The summed E-state index contributed by atoms with van der Waals surface area (Å²) in [4.78, 5) is 2.65. The molecule has 1 heterocycles. The summed E-state index contributed by atoms with van der Waals surface area (Å²) in [6.45, 7) is 11.6. The molecule has 0 saturated carbocycles. The average Bonchev–Trinajstić information content (AvgIpc) is 2.55. The maximum absolute atomic E-state index is 6.12. The summed E-state index contributed by atoms with van der Waals surface area (Å²) in [5.74, 6) is 0. The lowest BCUT2D eigenvalue weighted by molar-refractivity contribution is 0.186. The van der Waals surface area contributed by atoms with Crippen LogP contribution in [0.2, 0.25) is 5.02 Å². The van der Waals surface area contributed by atoms with Crippen molar-refractivity contribution in [2.45, 2.75) is 43.6 Å². The van der Waals surface area contributed by atoms with Crippen LogP contribution in [0, 0.1) is 5.41 Å². The van der Waals surface area contributed by atoms with Crippen LogP contribution in [-0.2, 0) is 0 Å². The number of halogens is 2. The van der Waals surface area contributed by atoms with Crippen LogP contribution in [0.25, 0.3) is 5.57 Å². The number of piperazine rings is 1. The minimum atomic E-state index is 0.0886. The van der Waals surface area contributed by atoms with E-state index in [-0.39, 0.29) is 3.55 Å². The van der Waals surface area contributed by atoms with Gasteiger partial charge in [-0.15, -0.1) is 0 Å². The molecular weight excluding hydrogens is 431 g/mol. The topological polar surface area (TPSA) is 15.3 Å². The molecular formula is C20H28ClIN2. The lowest BCUT2D eigenvalue weighted by atomic mass is 9.71. The fourth-order valence-electron chi connectivity index (χ4n) is 3.99. The van der Waals surface area contributed by atoms with Gasteiger partial charge in [0.15, 0.2) is 0 Å². The van der Waals surface area contributed by atoms with Crippen LogP contribution in [0.3, 0.4) is 0 Å². The van der Waals surface area contributed by atoms with Gasteiger partial charge in [0, 0.05) is 31.2 Å². The second-order valence-electron chi connectivity index (χ2n) is 8.00. The van der Waals surface area contributed by atoms with Crippen LogP contribution in [0.5, 0.6) is 0 Å². The van der Waals surface area contributed by atoms with Gasteiger partial charge in [-0.25, -0.2) is 0 Å². The first-order valence-electron chi connectivity index (χ1n) is 8.93. The summed E-state index contributed by atoms with van der Waals surface area (Å²) in [6.07, 6.45) is 3.60. The summed E-state index contributed by atoms with van der Waals surface area (Å²) in [5, 5.41) is 4.29. The van der Waals surface area contributed by atoms with Gasteiger partial charge in [-0.2, -0.15) is 0 Å². The highest BCUT2D eigenvalue weighted by atomic mass is 127. The van der Waals surface area contributed by atoms with Gasteiger partial charge in [-0.1, -0.05) is 60.2 Å². The molecule has 2 nitrogen and oxygen atoms in total. The van der Waals surface area contributed by atoms with Crippen molar-refractivity contribution in [1.29, 1.82) is 0 Å². The minimum absolute atomic E-state index is 0.0886. The number of allylic oxidation sites excluding steroid dienone is 1. The molecule has 0 amide bonds. The van der Waals surface area contributed by atoms with E-state index in [2.05, 4.69) is 65.7 Å². The van der Waals surface area contributed by atoms with Crippen LogP contribution in [0.1, 0.15) is 45.6 Å². The van der Waals surface area contributed by atoms with Crippen LogP contribution in [-0.4, -0.2) is 34.6 Å². The highest BCUT2D eigenvalue weighted by molar-refractivity contribution is 14.1. The van der Waals surface area contributed by atoms with Crippen molar-refractivity contribution in [2.75, 3.05) is 26.2 Å². The number of hydrogen-bond donors (Lipinski definition) is 1. The molecule has 1 unspecified atom stereocenters. The van der Waals surface area contributed by atoms with Gasteiger partial charge in [-0.05, 0) is 60.4 Å². The van der Waals surface area contributed by atoms with Crippen molar-refractivity contribution in [1.82, 2.24) is 10.2 Å². The van der Waals surface area contributed by atoms with Crippen LogP contribution >= 0.6 is 34.2 Å². The van der Waals surface area contributed by atoms with Crippen molar-refractivity contribution in [3.8, 4) is 0 Å². The summed E-state index contributed by atoms with van der Waals surface area (Å²) in [7, 11) is 0. The van der Waals surface area contributed by atoms with E-state index in [1.165, 1.54) is 18.4 Å². The molecule has 1 fully saturated rings. The predicted molar refractivity (Wildman–Crippen MR) is 113 cm³/mol. The second kappa shape index (κ2) is 7.26. The molecule has 2 aliphatic rings. The number of benzene rings is 1. The molecule has 1 aliphatic heterocycles. The van der Waals surface area contributed by atoms with Crippen molar-refractivity contribution in [2.24, 2.45) is 5.41 Å². The molecule has 1 aliphatic carbocycles. The third kappa shape index (κ3) is 4.00. The van der Waals surface area contributed by atoms with E-state index in [0.29, 0.717) is 5.41 Å². The van der Waals surface area contributed by atoms with Crippen LogP contribution < -0.4 is 5.32 Å². The SMILES string of the molecule is CC1(C)CCC(C(C)(I)N2CCNCC2)=C(c2ccc(Cl)cc2)C1. The summed E-state index contributed by atoms with van der Waals surface area (Å²) in [6, 6.07) is 8.45. The van der Waals surface area contributed by atoms with Gasteiger partial charge in [-0.3, -0.25) is 4.90 Å². The molecule has 4 heteroatoms. The van der Waals surface area contributed by atoms with Gasteiger partial charge >= 0.3 is 0 Å². The van der Waals surface area contributed by atoms with Crippen molar-refractivity contribution < 1.29 is 0 Å². The van der Waals surface area contributed by atoms with E-state index in [4.69, 9.17) is 11.6 Å². The molecule has 1 atom stereocenters. The number of hydrogen-bond acceptors (Lipinski definition) is 2. The van der Waals surface area contributed by atoms with E-state index in [1.54, 1.807) is 11.1 Å². The third-order valence-corrected chi connectivity index (χ3v) is 7.11. The van der Waals surface area contributed by atoms with Gasteiger partial charge in [0.1, 0.15) is 0 Å². The predicted octanol–water partition coefficient (Wildman–Crippen LogP) is 5.36. The fourth-order valence-corrected chi connectivity index (χ4v) is 5.20. The number of rotatable bonds is 3. The molecule has 3 rings (SSSR count). The Morgan fingerprint density at radius 3 is 2.42 bits per heavy atom. The Bertz CT molecular complexity index is 613. The first-order valence-corrected chi connectivity index (χ1v) is 10.4. The maximum Gasteiger partial charge on any atom is 0.0922 e. The molecule has 0 aromatic heterocycles. The Morgan fingerprint density at radius 1 is 1.17 bits per heavy atom. The highest BCUT2D eigenvalue weighted by Gasteiger charge is 2.39. The highest BCUT2D eigenvalue weighted by Crippen LogP contribution is 2.49. The van der Waals surface area contributed by atoms with E-state index in [0.717, 1.165) is 37.6 Å². The molecule has 1 aromatic carbocycles. The first-order chi connectivity index (χ1) is 11.3. The summed E-state index contributed by atoms with van der Waals surface area (Å²) in [5.41, 5.74) is 4.87. The van der Waals surface area contributed by atoms with Crippen molar-refractivity contribution >= 4 is 39.8 Å². The van der Waals surface area contributed by atoms with E-state index in [9.17, 15) is 0 Å². The Labute approximate surface area is 165 Å². The first kappa shape index (κ1) is 18.7. The average molecular weight is 459 g/mol. The largest absolute Gasteiger partial charge is 0.314 e. The third-order valence-electron chi connectivity index (χ3n) is 5.53. The van der Waals surface area contributed by atoms with Crippen LogP contribution in [0.4, 0.5) is 0 Å². The molecule has 0 spiro atoms. The zero-order valence-corrected chi connectivity index (χ0v) is 17.9. The monoisotopic (exact) mass is 458 g/mol. The van der Waals surface area contributed by atoms with E-state index in [1.807, 2.05) is 12.1 Å². The standard InChI is InChI=1S/C20H28ClIN2/c1-19(2)9-8-18(20(3,22)24-12-10-23-11-13-24)17(14-19)15-4-6-16(21)7-5-15/h4-7,23H,8-14H2,1-3H3. The Kier molecular flexibility index (Phi) is 5.65. The summed E-state index contributed by atoms with van der Waals surface area (Å²) < 4.78 is 0.0886. The molecule has 1 saturated heterocycles. The number of nitrogens with one attached hydrogen (secondary N) is 1. The fraction of sp³-hybridized carbons (Fsp3) is 0.600. The number of nitrogens with zero attached hydrogens (tertiary/aromatic N) is 1. The maximum atomic E-state index is 6.12. The molecule has 0 radical (unpaired) electrons. The smallest absolute Gasteiger partial charge is 0.0922 e. The van der Waals surface area contributed by atoms with Gasteiger partial charge < -0.3 is 5.32 Å². The Hall–Kier alpha value is -0.100.